The first-order valence-corrected chi connectivity index (χ1v) is 10.8. The summed E-state index contributed by atoms with van der Waals surface area (Å²) in [5.74, 6) is 1.53. The lowest BCUT2D eigenvalue weighted by Crippen LogP contribution is -2.45. The topological polar surface area (TPSA) is 66.5 Å². The van der Waals surface area contributed by atoms with Crippen LogP contribution in [0.1, 0.15) is 18.4 Å². The molecule has 128 valence electrons. The van der Waals surface area contributed by atoms with Crippen LogP contribution in [0.2, 0.25) is 0 Å². The highest BCUT2D eigenvalue weighted by Gasteiger charge is 2.29. The summed E-state index contributed by atoms with van der Waals surface area (Å²) in [5.41, 5.74) is 1.28. The predicted molar refractivity (Wildman–Crippen MR) is 94.8 cm³/mol. The molecule has 0 unspecified atom stereocenters. The van der Waals surface area contributed by atoms with Crippen LogP contribution >= 0.6 is 11.8 Å². The summed E-state index contributed by atoms with van der Waals surface area (Å²) in [6.45, 7) is 1.45. The monoisotopic (exact) mass is 356 g/mol. The quantitative estimate of drug-likeness (QED) is 0.755. The number of benzene rings is 1. The first-order valence-electron chi connectivity index (χ1n) is 7.81. The minimum Gasteiger partial charge on any atom is -0.355 e. The highest BCUT2D eigenvalue weighted by Crippen LogP contribution is 2.19. The Kier molecular flexibility index (Phi) is 6.92. The van der Waals surface area contributed by atoms with Gasteiger partial charge in [-0.3, -0.25) is 4.79 Å². The third kappa shape index (κ3) is 6.16. The maximum atomic E-state index is 12.2. The normalized spacial score (nSPS) is 19.4. The molecule has 7 heteroatoms. The van der Waals surface area contributed by atoms with E-state index in [0.29, 0.717) is 19.6 Å². The van der Waals surface area contributed by atoms with Gasteiger partial charge in [0.15, 0.2) is 0 Å². The van der Waals surface area contributed by atoms with Crippen LogP contribution in [-0.2, 0) is 20.6 Å². The van der Waals surface area contributed by atoms with Crippen LogP contribution in [0.3, 0.4) is 0 Å². The van der Waals surface area contributed by atoms with Gasteiger partial charge in [-0.05, 0) is 18.4 Å². The van der Waals surface area contributed by atoms with E-state index in [1.165, 1.54) is 16.1 Å². The molecule has 0 spiro atoms. The van der Waals surface area contributed by atoms with Crippen LogP contribution in [0.25, 0.3) is 0 Å². The molecule has 0 bridgehead atoms. The zero-order valence-electron chi connectivity index (χ0n) is 13.4. The highest BCUT2D eigenvalue weighted by molar-refractivity contribution is 7.98. The molecule has 0 saturated carbocycles. The van der Waals surface area contributed by atoms with Crippen molar-refractivity contribution in [2.45, 2.75) is 18.6 Å². The van der Waals surface area contributed by atoms with Gasteiger partial charge in [0.2, 0.25) is 15.9 Å². The van der Waals surface area contributed by atoms with E-state index in [9.17, 15) is 13.2 Å². The predicted octanol–water partition coefficient (Wildman–Crippen LogP) is 1.71. The van der Waals surface area contributed by atoms with E-state index in [1.54, 1.807) is 11.8 Å². The van der Waals surface area contributed by atoms with Gasteiger partial charge < -0.3 is 5.32 Å². The molecular weight excluding hydrogens is 332 g/mol. The Morgan fingerprint density at radius 1 is 1.35 bits per heavy atom. The Balaban J connectivity index is 1.66. The number of piperidine rings is 1. The summed E-state index contributed by atoms with van der Waals surface area (Å²) in [6, 6.07) is 10.2. The molecule has 0 aliphatic carbocycles. The molecule has 1 amide bonds. The van der Waals surface area contributed by atoms with Gasteiger partial charge >= 0.3 is 0 Å². The number of carbonyl (C=O) groups excluding carboxylic acids is 1. The number of sulfonamides is 1. The maximum absolute atomic E-state index is 12.2. The SMILES string of the molecule is CS(=O)(=O)N1CCC[C@@H](C(=O)NCCSCc2ccccc2)C1. The van der Waals surface area contributed by atoms with E-state index in [0.717, 1.165) is 24.3 Å². The molecule has 1 aromatic carbocycles. The number of carbonyl (C=O) groups is 1. The van der Waals surface area contributed by atoms with Gasteiger partial charge in [0.25, 0.3) is 0 Å². The molecule has 1 aliphatic rings. The summed E-state index contributed by atoms with van der Waals surface area (Å²) >= 11 is 1.78. The van der Waals surface area contributed by atoms with Crippen molar-refractivity contribution in [1.82, 2.24) is 9.62 Å². The molecule has 5 nitrogen and oxygen atoms in total. The summed E-state index contributed by atoms with van der Waals surface area (Å²) < 4.78 is 24.6. The number of nitrogens with one attached hydrogen (secondary N) is 1. The molecule has 1 aromatic rings. The molecular formula is C16H24N2O3S2. The zero-order chi connectivity index (χ0) is 16.7. The van der Waals surface area contributed by atoms with Gasteiger partial charge in [-0.2, -0.15) is 11.8 Å². The standard InChI is InChI=1S/C16H24N2O3S2/c1-23(20,21)18-10-5-8-15(12-18)16(19)17-9-11-22-13-14-6-3-2-4-7-14/h2-4,6-7,15H,5,8-13H2,1H3,(H,17,19)/t15-/m1/s1. The van der Waals surface area contributed by atoms with Gasteiger partial charge in [-0.15, -0.1) is 0 Å². The van der Waals surface area contributed by atoms with E-state index in [-0.39, 0.29) is 11.8 Å². The van der Waals surface area contributed by atoms with Crippen molar-refractivity contribution in [2.75, 3.05) is 31.6 Å². The van der Waals surface area contributed by atoms with E-state index in [1.807, 2.05) is 18.2 Å². The van der Waals surface area contributed by atoms with Crippen molar-refractivity contribution in [1.29, 1.82) is 0 Å². The van der Waals surface area contributed by atoms with Crippen molar-refractivity contribution in [3.8, 4) is 0 Å². The lowest BCUT2D eigenvalue weighted by Gasteiger charge is -2.30. The van der Waals surface area contributed by atoms with Crippen molar-refractivity contribution in [3.63, 3.8) is 0 Å². The molecule has 0 aromatic heterocycles. The lowest BCUT2D eigenvalue weighted by molar-refractivity contribution is -0.125. The fourth-order valence-corrected chi connectivity index (χ4v) is 4.34. The van der Waals surface area contributed by atoms with Gasteiger partial charge in [-0.25, -0.2) is 12.7 Å². The average Bonchev–Trinajstić information content (AvgIpc) is 2.54. The maximum Gasteiger partial charge on any atom is 0.224 e. The van der Waals surface area contributed by atoms with Crippen molar-refractivity contribution in [3.05, 3.63) is 35.9 Å². The van der Waals surface area contributed by atoms with E-state index < -0.39 is 10.0 Å². The van der Waals surface area contributed by atoms with Crippen LogP contribution < -0.4 is 5.32 Å². The second-order valence-corrected chi connectivity index (χ2v) is 8.88. The van der Waals surface area contributed by atoms with E-state index >= 15 is 0 Å². The Hall–Kier alpha value is -1.05. The van der Waals surface area contributed by atoms with Gasteiger partial charge in [0.05, 0.1) is 12.2 Å². The minimum absolute atomic E-state index is 0.0290. The molecule has 23 heavy (non-hydrogen) atoms. The first-order chi connectivity index (χ1) is 11.0. The zero-order valence-corrected chi connectivity index (χ0v) is 15.0. The largest absolute Gasteiger partial charge is 0.355 e. The molecule has 1 fully saturated rings. The second kappa shape index (κ2) is 8.70. The number of hydrogen-bond donors (Lipinski definition) is 1. The molecule has 0 radical (unpaired) electrons. The van der Waals surface area contributed by atoms with Crippen LogP contribution in [0.5, 0.6) is 0 Å². The molecule has 1 N–H and O–H groups in total. The molecule has 1 aliphatic heterocycles. The molecule has 2 rings (SSSR count). The van der Waals surface area contributed by atoms with Crippen molar-refractivity contribution < 1.29 is 13.2 Å². The van der Waals surface area contributed by atoms with Crippen LogP contribution in [0.4, 0.5) is 0 Å². The number of thioether (sulfide) groups is 1. The van der Waals surface area contributed by atoms with Gasteiger partial charge in [0.1, 0.15) is 0 Å². The Morgan fingerprint density at radius 3 is 2.78 bits per heavy atom. The fourth-order valence-electron chi connectivity index (χ4n) is 2.61. The molecule has 1 saturated heterocycles. The highest BCUT2D eigenvalue weighted by atomic mass is 32.2. The Labute approximate surface area is 142 Å². The third-order valence-electron chi connectivity index (χ3n) is 3.88. The van der Waals surface area contributed by atoms with Crippen LogP contribution in [0.15, 0.2) is 30.3 Å². The van der Waals surface area contributed by atoms with Crippen LogP contribution in [0, 0.1) is 5.92 Å². The van der Waals surface area contributed by atoms with Gasteiger partial charge in [0, 0.05) is 31.1 Å². The minimum atomic E-state index is -3.20. The Bertz CT molecular complexity index is 605. The fraction of sp³-hybridized carbons (Fsp3) is 0.562. The summed E-state index contributed by atoms with van der Waals surface area (Å²) in [4.78, 5) is 12.2. The summed E-state index contributed by atoms with van der Waals surface area (Å²) in [6.07, 6.45) is 2.70. The third-order valence-corrected chi connectivity index (χ3v) is 6.18. The summed E-state index contributed by atoms with van der Waals surface area (Å²) in [5, 5.41) is 2.93. The van der Waals surface area contributed by atoms with Crippen LogP contribution in [-0.4, -0.2) is 50.3 Å². The number of hydrogen-bond acceptors (Lipinski definition) is 4. The van der Waals surface area contributed by atoms with E-state index in [2.05, 4.69) is 17.4 Å². The molecule has 1 heterocycles. The summed E-state index contributed by atoms with van der Waals surface area (Å²) in [7, 11) is -3.20. The number of rotatable bonds is 7. The van der Waals surface area contributed by atoms with Crippen molar-refractivity contribution in [2.24, 2.45) is 5.92 Å². The van der Waals surface area contributed by atoms with E-state index in [4.69, 9.17) is 0 Å². The van der Waals surface area contributed by atoms with Crippen molar-refractivity contribution >= 4 is 27.7 Å². The average molecular weight is 357 g/mol. The number of nitrogens with zero attached hydrogens (tertiary/aromatic N) is 1. The molecule has 1 atom stereocenters. The van der Waals surface area contributed by atoms with Gasteiger partial charge in [-0.1, -0.05) is 30.3 Å². The number of amides is 1. The smallest absolute Gasteiger partial charge is 0.224 e. The Morgan fingerprint density at radius 2 is 2.09 bits per heavy atom. The first kappa shape index (κ1) is 18.3. The lowest BCUT2D eigenvalue weighted by atomic mass is 9.99. The second-order valence-electron chi connectivity index (χ2n) is 5.79.